The van der Waals surface area contributed by atoms with E-state index in [1.165, 1.54) is 11.3 Å². The monoisotopic (exact) mass is 204 g/mol. The summed E-state index contributed by atoms with van der Waals surface area (Å²) in [6.45, 7) is 6.42. The third-order valence-corrected chi connectivity index (χ3v) is 2.99. The van der Waals surface area contributed by atoms with E-state index in [0.717, 1.165) is 15.0 Å². The van der Waals surface area contributed by atoms with Crippen molar-refractivity contribution >= 4 is 22.9 Å². The molecule has 68 valence electrons. The molecule has 0 aliphatic carbocycles. The highest BCUT2D eigenvalue weighted by Crippen LogP contribution is 2.39. The number of halogens is 1. The molecule has 0 aliphatic heterocycles. The second kappa shape index (κ2) is 3.27. The highest BCUT2D eigenvalue weighted by atomic mass is 35.5. The van der Waals surface area contributed by atoms with Gasteiger partial charge in [-0.3, -0.25) is 0 Å². The van der Waals surface area contributed by atoms with Gasteiger partial charge in [0, 0.05) is 0 Å². The highest BCUT2D eigenvalue weighted by molar-refractivity contribution is 7.18. The molecule has 0 saturated heterocycles. The molecule has 3 heteroatoms. The predicted octanol–water partition coefficient (Wildman–Crippen LogP) is 3.71. The van der Waals surface area contributed by atoms with Crippen molar-refractivity contribution < 1.29 is 4.74 Å². The Bertz CT molecular complexity index is 273. The van der Waals surface area contributed by atoms with Gasteiger partial charge in [-0.15, -0.1) is 0 Å². The summed E-state index contributed by atoms with van der Waals surface area (Å²) >= 11 is 7.53. The van der Waals surface area contributed by atoms with Crippen LogP contribution in [0.4, 0.5) is 0 Å². The normalized spacial score (nSPS) is 11.8. The minimum atomic E-state index is 0.102. The van der Waals surface area contributed by atoms with E-state index >= 15 is 0 Å². The van der Waals surface area contributed by atoms with E-state index in [2.05, 4.69) is 20.8 Å². The summed E-state index contributed by atoms with van der Waals surface area (Å²) in [6.07, 6.45) is 0. The summed E-state index contributed by atoms with van der Waals surface area (Å²) in [4.78, 5) is 0. The van der Waals surface area contributed by atoms with Crippen molar-refractivity contribution in [3.05, 3.63) is 16.0 Å². The van der Waals surface area contributed by atoms with E-state index in [1.54, 1.807) is 7.11 Å². The molecule has 0 bridgehead atoms. The van der Waals surface area contributed by atoms with Crippen LogP contribution >= 0.6 is 22.9 Å². The van der Waals surface area contributed by atoms with Gasteiger partial charge in [-0.05, 0) is 17.0 Å². The number of methoxy groups -OCH3 is 1. The number of hydrogen-bond acceptors (Lipinski definition) is 2. The molecular formula is C9H13ClOS. The van der Waals surface area contributed by atoms with Crippen molar-refractivity contribution in [2.75, 3.05) is 7.11 Å². The number of hydrogen-bond donors (Lipinski definition) is 0. The van der Waals surface area contributed by atoms with Crippen LogP contribution in [0.25, 0.3) is 0 Å². The van der Waals surface area contributed by atoms with Gasteiger partial charge < -0.3 is 4.74 Å². The molecule has 0 fully saturated rings. The van der Waals surface area contributed by atoms with Crippen LogP contribution in [0.5, 0.6) is 5.06 Å². The van der Waals surface area contributed by atoms with Crippen LogP contribution in [0.2, 0.25) is 4.34 Å². The average molecular weight is 205 g/mol. The lowest BCUT2D eigenvalue weighted by Crippen LogP contribution is -2.09. The molecular weight excluding hydrogens is 192 g/mol. The van der Waals surface area contributed by atoms with Crippen molar-refractivity contribution in [2.24, 2.45) is 0 Å². The first-order valence-electron chi connectivity index (χ1n) is 3.79. The lowest BCUT2D eigenvalue weighted by atomic mass is 9.89. The molecule has 1 aromatic rings. The van der Waals surface area contributed by atoms with Crippen LogP contribution in [0, 0.1) is 0 Å². The van der Waals surface area contributed by atoms with Gasteiger partial charge in [-0.2, -0.15) is 0 Å². The van der Waals surface area contributed by atoms with Gasteiger partial charge in [0.2, 0.25) is 0 Å². The fourth-order valence-corrected chi connectivity index (χ4v) is 2.44. The molecule has 0 amide bonds. The quantitative estimate of drug-likeness (QED) is 0.678. The first kappa shape index (κ1) is 9.87. The van der Waals surface area contributed by atoms with E-state index in [0.29, 0.717) is 0 Å². The summed E-state index contributed by atoms with van der Waals surface area (Å²) < 4.78 is 5.94. The maximum atomic E-state index is 6.05. The maximum absolute atomic E-state index is 6.05. The molecule has 0 saturated carbocycles. The Kier molecular flexibility index (Phi) is 2.69. The minimum absolute atomic E-state index is 0.102. The molecule has 1 rings (SSSR count). The second-order valence-electron chi connectivity index (χ2n) is 3.71. The SMILES string of the molecule is COc1cc(C(C)(C)C)c(Cl)s1. The van der Waals surface area contributed by atoms with Crippen LogP contribution in [0.3, 0.4) is 0 Å². The highest BCUT2D eigenvalue weighted by Gasteiger charge is 2.20. The summed E-state index contributed by atoms with van der Waals surface area (Å²) in [6, 6.07) is 2.01. The van der Waals surface area contributed by atoms with Gasteiger partial charge in [0.25, 0.3) is 0 Å². The third-order valence-electron chi connectivity index (χ3n) is 1.67. The summed E-state index contributed by atoms with van der Waals surface area (Å²) in [5.41, 5.74) is 1.26. The van der Waals surface area contributed by atoms with Crippen LogP contribution < -0.4 is 4.74 Å². The Balaban J connectivity index is 3.08. The Morgan fingerprint density at radius 3 is 2.25 bits per heavy atom. The van der Waals surface area contributed by atoms with E-state index in [-0.39, 0.29) is 5.41 Å². The maximum Gasteiger partial charge on any atom is 0.175 e. The summed E-state index contributed by atoms with van der Waals surface area (Å²) in [5, 5.41) is 0.880. The average Bonchev–Trinajstić information content (AvgIpc) is 2.29. The van der Waals surface area contributed by atoms with Crippen LogP contribution in [-0.4, -0.2) is 7.11 Å². The number of thiophene rings is 1. The van der Waals surface area contributed by atoms with Crippen molar-refractivity contribution in [1.29, 1.82) is 0 Å². The molecule has 1 nitrogen and oxygen atoms in total. The lowest BCUT2D eigenvalue weighted by Gasteiger charge is -2.16. The zero-order chi connectivity index (χ0) is 9.35. The van der Waals surface area contributed by atoms with E-state index < -0.39 is 0 Å². The molecule has 0 unspecified atom stereocenters. The Hall–Kier alpha value is -0.210. The van der Waals surface area contributed by atoms with Gasteiger partial charge in [0.05, 0.1) is 7.11 Å². The standard InChI is InChI=1S/C9H13ClOS/c1-9(2,3)6-5-7(11-4)12-8(6)10/h5H,1-4H3. The molecule has 0 spiro atoms. The molecule has 0 N–H and O–H groups in total. The fourth-order valence-electron chi connectivity index (χ4n) is 0.959. The fraction of sp³-hybridized carbons (Fsp3) is 0.556. The van der Waals surface area contributed by atoms with Crippen molar-refractivity contribution in [1.82, 2.24) is 0 Å². The van der Waals surface area contributed by atoms with Gasteiger partial charge >= 0.3 is 0 Å². The molecule has 0 radical (unpaired) electrons. The van der Waals surface area contributed by atoms with Crippen LogP contribution in [-0.2, 0) is 5.41 Å². The zero-order valence-corrected chi connectivity index (χ0v) is 9.34. The van der Waals surface area contributed by atoms with Gasteiger partial charge in [0.15, 0.2) is 5.06 Å². The third kappa shape index (κ3) is 1.93. The Labute approximate surface area is 82.3 Å². The van der Waals surface area contributed by atoms with Crippen LogP contribution in [0.1, 0.15) is 26.3 Å². The van der Waals surface area contributed by atoms with Crippen molar-refractivity contribution in [3.8, 4) is 5.06 Å². The van der Waals surface area contributed by atoms with Gasteiger partial charge in [-0.1, -0.05) is 43.7 Å². The second-order valence-corrected chi connectivity index (χ2v) is 5.32. The van der Waals surface area contributed by atoms with Crippen molar-refractivity contribution in [3.63, 3.8) is 0 Å². The largest absolute Gasteiger partial charge is 0.487 e. The summed E-state index contributed by atoms with van der Waals surface area (Å²) in [5.74, 6) is 0. The topological polar surface area (TPSA) is 9.23 Å². The van der Waals surface area contributed by atoms with Gasteiger partial charge in [-0.25, -0.2) is 0 Å². The first-order chi connectivity index (χ1) is 5.45. The van der Waals surface area contributed by atoms with E-state index in [4.69, 9.17) is 16.3 Å². The minimum Gasteiger partial charge on any atom is -0.487 e. The first-order valence-corrected chi connectivity index (χ1v) is 4.98. The van der Waals surface area contributed by atoms with Crippen molar-refractivity contribution in [2.45, 2.75) is 26.2 Å². The smallest absolute Gasteiger partial charge is 0.175 e. The number of ether oxygens (including phenoxy) is 1. The van der Waals surface area contributed by atoms with E-state index in [9.17, 15) is 0 Å². The summed E-state index contributed by atoms with van der Waals surface area (Å²) in [7, 11) is 1.66. The lowest BCUT2D eigenvalue weighted by molar-refractivity contribution is 0.426. The molecule has 1 heterocycles. The molecule has 0 aliphatic rings. The zero-order valence-electron chi connectivity index (χ0n) is 7.77. The predicted molar refractivity (Wildman–Crippen MR) is 54.6 cm³/mol. The Morgan fingerprint density at radius 1 is 1.42 bits per heavy atom. The Morgan fingerprint density at radius 2 is 2.00 bits per heavy atom. The molecule has 1 aromatic heterocycles. The number of rotatable bonds is 1. The molecule has 0 atom stereocenters. The molecule has 0 aromatic carbocycles. The molecule has 12 heavy (non-hydrogen) atoms. The van der Waals surface area contributed by atoms with Gasteiger partial charge in [0.1, 0.15) is 4.34 Å². The van der Waals surface area contributed by atoms with Crippen LogP contribution in [0.15, 0.2) is 6.07 Å². The van der Waals surface area contributed by atoms with E-state index in [1.807, 2.05) is 6.07 Å².